The van der Waals surface area contributed by atoms with E-state index in [1.54, 1.807) is 30.3 Å². The first kappa shape index (κ1) is 18.0. The van der Waals surface area contributed by atoms with Crippen molar-refractivity contribution >= 4 is 5.97 Å². The maximum absolute atomic E-state index is 13.7. The number of hydrogen-bond donors (Lipinski definition) is 2. The fourth-order valence-electron chi connectivity index (χ4n) is 3.59. The largest absolute Gasteiger partial charge is 0.459 e. The molecule has 2 atom stereocenters. The van der Waals surface area contributed by atoms with Crippen molar-refractivity contribution in [1.29, 1.82) is 0 Å². The molecule has 0 aromatic heterocycles. The summed E-state index contributed by atoms with van der Waals surface area (Å²) in [6.45, 7) is 1.60. The van der Waals surface area contributed by atoms with E-state index in [2.05, 4.69) is 5.32 Å². The van der Waals surface area contributed by atoms with Crippen molar-refractivity contribution in [3.8, 4) is 0 Å². The number of carbonyl (C=O) groups excluding carboxylic acids is 1. The van der Waals surface area contributed by atoms with E-state index in [1.165, 1.54) is 0 Å². The molecule has 3 rings (SSSR count). The second-order valence-corrected chi connectivity index (χ2v) is 6.82. The van der Waals surface area contributed by atoms with E-state index in [9.17, 15) is 18.7 Å². The van der Waals surface area contributed by atoms with E-state index in [1.807, 2.05) is 6.08 Å². The van der Waals surface area contributed by atoms with Gasteiger partial charge in [0.2, 0.25) is 5.92 Å². The molecule has 25 heavy (non-hydrogen) atoms. The molecule has 1 fully saturated rings. The molecule has 1 aromatic carbocycles. The van der Waals surface area contributed by atoms with Crippen molar-refractivity contribution in [2.75, 3.05) is 19.7 Å². The highest BCUT2D eigenvalue weighted by molar-refractivity contribution is 5.81. The molecule has 0 radical (unpaired) electrons. The molecule has 0 unspecified atom stereocenters. The summed E-state index contributed by atoms with van der Waals surface area (Å²) in [6, 6.07) is 8.27. The van der Waals surface area contributed by atoms with Crippen LogP contribution in [-0.2, 0) is 15.1 Å². The first-order valence-electron chi connectivity index (χ1n) is 8.63. The Hall–Kier alpha value is -1.79. The first-order valence-corrected chi connectivity index (χ1v) is 8.63. The zero-order chi connectivity index (χ0) is 17.9. The van der Waals surface area contributed by atoms with E-state index in [-0.39, 0.29) is 19.4 Å². The third-order valence-corrected chi connectivity index (χ3v) is 5.07. The molecule has 0 amide bonds. The Kier molecular flexibility index (Phi) is 5.20. The molecule has 1 aliphatic carbocycles. The van der Waals surface area contributed by atoms with Gasteiger partial charge in [-0.2, -0.15) is 0 Å². The van der Waals surface area contributed by atoms with Crippen LogP contribution in [0.15, 0.2) is 42.0 Å². The van der Waals surface area contributed by atoms with Crippen LogP contribution < -0.4 is 5.32 Å². The molecule has 0 spiro atoms. The third-order valence-electron chi connectivity index (χ3n) is 5.07. The Morgan fingerprint density at radius 1 is 1.36 bits per heavy atom. The van der Waals surface area contributed by atoms with E-state index >= 15 is 0 Å². The van der Waals surface area contributed by atoms with Gasteiger partial charge >= 0.3 is 5.97 Å². The van der Waals surface area contributed by atoms with E-state index in [0.717, 1.165) is 18.5 Å². The number of alkyl halides is 2. The third kappa shape index (κ3) is 3.90. The average Bonchev–Trinajstić information content (AvgIpc) is 3.01. The number of aliphatic hydroxyl groups is 1. The Morgan fingerprint density at radius 3 is 2.72 bits per heavy atom. The molecule has 136 valence electrons. The molecular formula is C19H23F2NO3. The fourth-order valence-corrected chi connectivity index (χ4v) is 3.59. The number of halogens is 2. The minimum atomic E-state index is -2.86. The maximum Gasteiger partial charge on any atom is 0.343 e. The molecule has 1 saturated carbocycles. The fraction of sp³-hybridized carbons (Fsp3) is 0.526. The van der Waals surface area contributed by atoms with Gasteiger partial charge in [-0.25, -0.2) is 13.6 Å². The van der Waals surface area contributed by atoms with Gasteiger partial charge in [-0.3, -0.25) is 0 Å². The van der Waals surface area contributed by atoms with Gasteiger partial charge in [-0.1, -0.05) is 36.4 Å². The Morgan fingerprint density at radius 2 is 2.12 bits per heavy atom. The first-order chi connectivity index (χ1) is 11.9. The number of carbonyl (C=O) groups is 1. The molecule has 0 bridgehead atoms. The van der Waals surface area contributed by atoms with Gasteiger partial charge < -0.3 is 15.2 Å². The van der Waals surface area contributed by atoms with Gasteiger partial charge in [0.1, 0.15) is 6.61 Å². The van der Waals surface area contributed by atoms with Crippen molar-refractivity contribution in [2.24, 2.45) is 5.92 Å². The standard InChI is InChI=1S/C19H23F2NO3/c20-18(21)9-6-16(12-18)19(24,15-4-2-1-3-5-15)17(23)25-13-14-7-10-22-11-8-14/h1-5,7,16,22,24H,6,8-13H2/t16-,19+/m1/s1. The van der Waals surface area contributed by atoms with Gasteiger partial charge in [0.05, 0.1) is 0 Å². The van der Waals surface area contributed by atoms with Crippen LogP contribution in [-0.4, -0.2) is 36.7 Å². The molecule has 6 heteroatoms. The van der Waals surface area contributed by atoms with Crippen LogP contribution in [0.3, 0.4) is 0 Å². The van der Waals surface area contributed by atoms with Crippen LogP contribution in [0, 0.1) is 5.92 Å². The lowest BCUT2D eigenvalue weighted by Gasteiger charge is -2.32. The second kappa shape index (κ2) is 7.22. The molecule has 1 heterocycles. The maximum atomic E-state index is 13.7. The molecule has 1 aromatic rings. The highest BCUT2D eigenvalue weighted by Gasteiger charge is 2.54. The average molecular weight is 351 g/mol. The quantitative estimate of drug-likeness (QED) is 0.633. The lowest BCUT2D eigenvalue weighted by Crippen LogP contribution is -2.44. The lowest BCUT2D eigenvalue weighted by atomic mass is 9.80. The highest BCUT2D eigenvalue weighted by atomic mass is 19.3. The van der Waals surface area contributed by atoms with Crippen LogP contribution in [0.2, 0.25) is 0 Å². The molecule has 2 N–H and O–H groups in total. The normalized spacial score (nSPS) is 25.1. The van der Waals surface area contributed by atoms with Crippen LogP contribution in [0.4, 0.5) is 8.78 Å². The number of esters is 1. The van der Waals surface area contributed by atoms with Gasteiger partial charge in [0.15, 0.2) is 5.60 Å². The van der Waals surface area contributed by atoms with Crippen LogP contribution in [0.25, 0.3) is 0 Å². The summed E-state index contributed by atoms with van der Waals surface area (Å²) < 4.78 is 32.8. The number of benzene rings is 1. The van der Waals surface area contributed by atoms with Crippen molar-refractivity contribution in [1.82, 2.24) is 5.32 Å². The summed E-state index contributed by atoms with van der Waals surface area (Å²) in [5.41, 5.74) is -0.768. The van der Waals surface area contributed by atoms with Gasteiger partial charge in [0.25, 0.3) is 0 Å². The van der Waals surface area contributed by atoms with Gasteiger partial charge in [0, 0.05) is 25.3 Å². The Balaban J connectivity index is 1.81. The van der Waals surface area contributed by atoms with Crippen LogP contribution in [0.5, 0.6) is 0 Å². The Labute approximate surface area is 145 Å². The highest BCUT2D eigenvalue weighted by Crippen LogP contribution is 2.47. The zero-order valence-electron chi connectivity index (χ0n) is 14.0. The predicted molar refractivity (Wildman–Crippen MR) is 89.2 cm³/mol. The van der Waals surface area contributed by atoms with E-state index in [0.29, 0.717) is 12.1 Å². The summed E-state index contributed by atoms with van der Waals surface area (Å²) in [7, 11) is 0. The van der Waals surface area contributed by atoms with Crippen LogP contribution >= 0.6 is 0 Å². The van der Waals surface area contributed by atoms with Crippen LogP contribution in [0.1, 0.15) is 31.2 Å². The Bertz CT molecular complexity index is 647. The molecule has 4 nitrogen and oxygen atoms in total. The van der Waals surface area contributed by atoms with Crippen molar-refractivity contribution in [3.05, 3.63) is 47.5 Å². The summed E-state index contributed by atoms with van der Waals surface area (Å²) in [6.07, 6.45) is 1.96. The van der Waals surface area contributed by atoms with Crippen molar-refractivity contribution in [2.45, 2.75) is 37.2 Å². The number of hydrogen-bond acceptors (Lipinski definition) is 4. The number of ether oxygens (including phenoxy) is 1. The SMILES string of the molecule is O=C(OCC1=CCNCC1)[C@](O)(c1ccccc1)[C@@H]1CCC(F)(F)C1. The van der Waals surface area contributed by atoms with Crippen molar-refractivity contribution < 1.29 is 23.4 Å². The number of nitrogens with one attached hydrogen (secondary N) is 1. The van der Waals surface area contributed by atoms with Crippen molar-refractivity contribution in [3.63, 3.8) is 0 Å². The summed E-state index contributed by atoms with van der Waals surface area (Å²) in [5, 5.41) is 14.3. The minimum absolute atomic E-state index is 0.0821. The molecule has 0 saturated heterocycles. The zero-order valence-corrected chi connectivity index (χ0v) is 14.0. The predicted octanol–water partition coefficient (Wildman–Crippen LogP) is 2.77. The second-order valence-electron chi connectivity index (χ2n) is 6.82. The summed E-state index contributed by atoms with van der Waals surface area (Å²) in [5.74, 6) is -4.56. The molecular weight excluding hydrogens is 328 g/mol. The number of rotatable bonds is 5. The minimum Gasteiger partial charge on any atom is -0.459 e. The van der Waals surface area contributed by atoms with Gasteiger partial charge in [-0.15, -0.1) is 0 Å². The summed E-state index contributed by atoms with van der Waals surface area (Å²) >= 11 is 0. The van der Waals surface area contributed by atoms with Gasteiger partial charge in [-0.05, 0) is 30.5 Å². The summed E-state index contributed by atoms with van der Waals surface area (Å²) in [4.78, 5) is 12.7. The smallest absolute Gasteiger partial charge is 0.343 e. The lowest BCUT2D eigenvalue weighted by molar-refractivity contribution is -0.173. The van der Waals surface area contributed by atoms with E-state index in [4.69, 9.17) is 4.74 Å². The molecule has 1 aliphatic heterocycles. The topological polar surface area (TPSA) is 58.6 Å². The monoisotopic (exact) mass is 351 g/mol. The molecule has 2 aliphatic rings. The van der Waals surface area contributed by atoms with E-state index < -0.39 is 29.8 Å².